The van der Waals surface area contributed by atoms with E-state index >= 15 is 0 Å². The number of benzene rings is 3. The standard InChI is InChI=1S/C26H28N2O2/c1-17-6-12-21-22(14-17)28-25(27-21)19-9-13-23(24(15-19)29-5)30-16-18-7-10-20(11-8-18)26(2,3)4/h6-15H,16H2,1-5H3,(H,27,28). The number of hydrogen-bond donors (Lipinski definition) is 1. The summed E-state index contributed by atoms with van der Waals surface area (Å²) in [4.78, 5) is 8.09. The molecule has 1 N–H and O–H groups in total. The molecule has 4 aromatic rings. The van der Waals surface area contributed by atoms with Crippen molar-refractivity contribution in [1.82, 2.24) is 9.97 Å². The highest BCUT2D eigenvalue weighted by atomic mass is 16.5. The summed E-state index contributed by atoms with van der Waals surface area (Å²) in [5.41, 5.74) is 6.73. The smallest absolute Gasteiger partial charge is 0.161 e. The average Bonchev–Trinajstić information content (AvgIpc) is 3.15. The Bertz CT molecular complexity index is 1170. The molecular weight excluding hydrogens is 372 g/mol. The van der Waals surface area contributed by atoms with Crippen LogP contribution in [0.25, 0.3) is 22.4 Å². The first-order chi connectivity index (χ1) is 14.3. The average molecular weight is 401 g/mol. The third-order valence-electron chi connectivity index (χ3n) is 5.29. The van der Waals surface area contributed by atoms with E-state index in [2.05, 4.69) is 69.1 Å². The van der Waals surface area contributed by atoms with Crippen LogP contribution in [0.2, 0.25) is 0 Å². The Morgan fingerprint density at radius 2 is 1.67 bits per heavy atom. The van der Waals surface area contributed by atoms with Crippen molar-refractivity contribution in [3.63, 3.8) is 0 Å². The largest absolute Gasteiger partial charge is 0.493 e. The molecule has 4 rings (SSSR count). The fourth-order valence-corrected chi connectivity index (χ4v) is 3.46. The normalized spacial score (nSPS) is 11.6. The minimum Gasteiger partial charge on any atom is -0.493 e. The van der Waals surface area contributed by atoms with E-state index in [1.54, 1.807) is 7.11 Å². The number of aryl methyl sites for hydroxylation is 1. The number of ether oxygens (including phenoxy) is 2. The van der Waals surface area contributed by atoms with Gasteiger partial charge in [0.2, 0.25) is 0 Å². The molecule has 30 heavy (non-hydrogen) atoms. The van der Waals surface area contributed by atoms with Crippen molar-refractivity contribution in [1.29, 1.82) is 0 Å². The van der Waals surface area contributed by atoms with Crippen LogP contribution in [0.5, 0.6) is 11.5 Å². The number of aromatic nitrogens is 2. The number of methoxy groups -OCH3 is 1. The molecule has 0 bridgehead atoms. The quantitative estimate of drug-likeness (QED) is 0.420. The van der Waals surface area contributed by atoms with E-state index in [4.69, 9.17) is 14.5 Å². The summed E-state index contributed by atoms with van der Waals surface area (Å²) < 4.78 is 11.6. The Morgan fingerprint density at radius 1 is 0.900 bits per heavy atom. The number of nitrogens with one attached hydrogen (secondary N) is 1. The lowest BCUT2D eigenvalue weighted by atomic mass is 9.87. The Labute approximate surface area is 177 Å². The number of H-pyrrole nitrogens is 1. The molecule has 0 radical (unpaired) electrons. The van der Waals surface area contributed by atoms with Gasteiger partial charge in [0, 0.05) is 5.56 Å². The van der Waals surface area contributed by atoms with Crippen molar-refractivity contribution in [3.05, 3.63) is 77.4 Å². The minimum absolute atomic E-state index is 0.147. The van der Waals surface area contributed by atoms with E-state index in [9.17, 15) is 0 Å². The number of aromatic amines is 1. The van der Waals surface area contributed by atoms with E-state index in [0.29, 0.717) is 18.1 Å². The van der Waals surface area contributed by atoms with Crippen molar-refractivity contribution in [2.45, 2.75) is 39.7 Å². The van der Waals surface area contributed by atoms with Crippen molar-refractivity contribution < 1.29 is 9.47 Å². The van der Waals surface area contributed by atoms with Gasteiger partial charge in [-0.1, -0.05) is 51.1 Å². The van der Waals surface area contributed by atoms with Gasteiger partial charge in [0.05, 0.1) is 18.1 Å². The van der Waals surface area contributed by atoms with Crippen LogP contribution in [-0.2, 0) is 12.0 Å². The predicted octanol–water partition coefficient (Wildman–Crippen LogP) is 6.42. The summed E-state index contributed by atoms with van der Waals surface area (Å²) in [7, 11) is 1.66. The van der Waals surface area contributed by atoms with Gasteiger partial charge in [-0.2, -0.15) is 0 Å². The van der Waals surface area contributed by atoms with Crippen molar-refractivity contribution in [3.8, 4) is 22.9 Å². The first-order valence-corrected chi connectivity index (χ1v) is 10.2. The topological polar surface area (TPSA) is 47.1 Å². The van der Waals surface area contributed by atoms with Gasteiger partial charge in [-0.25, -0.2) is 4.98 Å². The van der Waals surface area contributed by atoms with Crippen molar-refractivity contribution in [2.24, 2.45) is 0 Å². The van der Waals surface area contributed by atoms with Gasteiger partial charge in [0.15, 0.2) is 11.5 Å². The van der Waals surface area contributed by atoms with Crippen LogP contribution in [0.15, 0.2) is 60.7 Å². The molecule has 154 valence electrons. The molecule has 0 spiro atoms. The summed E-state index contributed by atoms with van der Waals surface area (Å²) in [6.07, 6.45) is 0. The summed E-state index contributed by atoms with van der Waals surface area (Å²) in [5.74, 6) is 2.22. The van der Waals surface area contributed by atoms with Crippen LogP contribution in [-0.4, -0.2) is 17.1 Å². The van der Waals surface area contributed by atoms with Gasteiger partial charge in [0.1, 0.15) is 12.4 Å². The lowest BCUT2D eigenvalue weighted by Crippen LogP contribution is -2.10. The van der Waals surface area contributed by atoms with Crippen LogP contribution in [0, 0.1) is 6.92 Å². The molecule has 0 saturated heterocycles. The van der Waals surface area contributed by atoms with Crippen LogP contribution >= 0.6 is 0 Å². The molecule has 3 aromatic carbocycles. The van der Waals surface area contributed by atoms with Gasteiger partial charge in [-0.3, -0.25) is 0 Å². The number of imidazole rings is 1. The molecule has 0 unspecified atom stereocenters. The summed E-state index contributed by atoms with van der Waals surface area (Å²) >= 11 is 0. The zero-order valence-electron chi connectivity index (χ0n) is 18.2. The Morgan fingerprint density at radius 3 is 2.37 bits per heavy atom. The first-order valence-electron chi connectivity index (χ1n) is 10.2. The Hall–Kier alpha value is -3.27. The molecular formula is C26H28N2O2. The molecule has 0 fully saturated rings. The number of rotatable bonds is 5. The molecule has 4 nitrogen and oxygen atoms in total. The fourth-order valence-electron chi connectivity index (χ4n) is 3.46. The first kappa shape index (κ1) is 20.0. The molecule has 0 aliphatic heterocycles. The Balaban J connectivity index is 1.53. The van der Waals surface area contributed by atoms with Crippen LogP contribution in [0.1, 0.15) is 37.5 Å². The zero-order chi connectivity index (χ0) is 21.3. The molecule has 0 aliphatic carbocycles. The van der Waals surface area contributed by atoms with Crippen molar-refractivity contribution >= 4 is 11.0 Å². The highest BCUT2D eigenvalue weighted by Gasteiger charge is 2.14. The summed E-state index contributed by atoms with van der Waals surface area (Å²) in [6.45, 7) is 9.21. The second kappa shape index (κ2) is 7.86. The van der Waals surface area contributed by atoms with Gasteiger partial charge in [-0.15, -0.1) is 0 Å². The maximum Gasteiger partial charge on any atom is 0.161 e. The van der Waals surface area contributed by atoms with Gasteiger partial charge in [-0.05, 0) is 59.4 Å². The van der Waals surface area contributed by atoms with Crippen LogP contribution in [0.3, 0.4) is 0 Å². The lowest BCUT2D eigenvalue weighted by molar-refractivity contribution is 0.284. The van der Waals surface area contributed by atoms with E-state index in [0.717, 1.165) is 28.0 Å². The maximum absolute atomic E-state index is 6.05. The lowest BCUT2D eigenvalue weighted by Gasteiger charge is -2.19. The van der Waals surface area contributed by atoms with Crippen LogP contribution in [0.4, 0.5) is 0 Å². The van der Waals surface area contributed by atoms with E-state index in [1.165, 1.54) is 11.1 Å². The zero-order valence-corrected chi connectivity index (χ0v) is 18.2. The minimum atomic E-state index is 0.147. The monoisotopic (exact) mass is 400 g/mol. The molecule has 0 aliphatic rings. The molecule has 4 heteroatoms. The molecule has 0 amide bonds. The third-order valence-corrected chi connectivity index (χ3v) is 5.29. The second-order valence-corrected chi connectivity index (χ2v) is 8.71. The maximum atomic E-state index is 6.05. The van der Waals surface area contributed by atoms with E-state index < -0.39 is 0 Å². The molecule has 0 saturated carbocycles. The van der Waals surface area contributed by atoms with Gasteiger partial charge < -0.3 is 14.5 Å². The highest BCUT2D eigenvalue weighted by Crippen LogP contribution is 2.33. The molecule has 1 aromatic heterocycles. The van der Waals surface area contributed by atoms with E-state index in [-0.39, 0.29) is 5.41 Å². The SMILES string of the molecule is COc1cc(-c2nc3ccc(C)cc3[nH]2)ccc1OCc1ccc(C(C)(C)C)cc1. The van der Waals surface area contributed by atoms with E-state index in [1.807, 2.05) is 24.3 Å². The number of fused-ring (bicyclic) bond motifs is 1. The summed E-state index contributed by atoms with van der Waals surface area (Å²) in [5, 5.41) is 0. The highest BCUT2D eigenvalue weighted by molar-refractivity contribution is 5.80. The Kier molecular flexibility index (Phi) is 5.25. The molecule has 1 heterocycles. The number of nitrogens with zero attached hydrogens (tertiary/aromatic N) is 1. The van der Waals surface area contributed by atoms with Gasteiger partial charge >= 0.3 is 0 Å². The summed E-state index contributed by atoms with van der Waals surface area (Å²) in [6, 6.07) is 20.7. The van der Waals surface area contributed by atoms with Crippen molar-refractivity contribution in [2.75, 3.05) is 7.11 Å². The second-order valence-electron chi connectivity index (χ2n) is 8.71. The third kappa shape index (κ3) is 4.18. The number of hydrogen-bond acceptors (Lipinski definition) is 3. The van der Waals surface area contributed by atoms with Gasteiger partial charge in [0.25, 0.3) is 0 Å². The van der Waals surface area contributed by atoms with Crippen LogP contribution < -0.4 is 9.47 Å². The fraction of sp³-hybridized carbons (Fsp3) is 0.269. The molecule has 0 atom stereocenters. The predicted molar refractivity (Wildman–Crippen MR) is 122 cm³/mol.